The highest BCUT2D eigenvalue weighted by Gasteiger charge is 2.22. The highest BCUT2D eigenvalue weighted by molar-refractivity contribution is 6.07. The number of ether oxygens (including phenoxy) is 1. The standard InChI is InChI=1S/C33H33N7O3/c1-6-20-11-13-21(14-12-20)40-28(19-27(38-40)33(2,3)4)36-31(41)35-24-15-16-25(23-10-8-7-9-22(23)24)43-26-17-18-34-30-29(26)39(5)32(42)37-30/h7-19H,6H2,1-5H3,(H,34,37,42)(H2,35,36,41). The molecule has 0 radical (unpaired) electrons. The van der Waals surface area contributed by atoms with Crippen molar-refractivity contribution >= 4 is 39.5 Å². The fraction of sp³-hybridized carbons (Fsp3) is 0.212. The minimum atomic E-state index is -0.399. The second-order valence-corrected chi connectivity index (χ2v) is 11.4. The molecule has 3 aromatic carbocycles. The summed E-state index contributed by atoms with van der Waals surface area (Å²) in [6, 6.07) is 22.6. The van der Waals surface area contributed by atoms with Crippen LogP contribution in [0, 0.1) is 0 Å². The number of nitrogens with one attached hydrogen (secondary N) is 3. The van der Waals surface area contributed by atoms with Gasteiger partial charge in [0.05, 0.1) is 17.1 Å². The summed E-state index contributed by atoms with van der Waals surface area (Å²) in [5, 5.41) is 12.4. The van der Waals surface area contributed by atoms with Gasteiger partial charge < -0.3 is 10.1 Å². The fourth-order valence-corrected chi connectivity index (χ4v) is 4.99. The fourth-order valence-electron chi connectivity index (χ4n) is 4.99. The van der Waals surface area contributed by atoms with Gasteiger partial charge in [-0.1, -0.05) is 64.1 Å². The topological polar surface area (TPSA) is 119 Å². The number of hydrogen-bond acceptors (Lipinski definition) is 5. The van der Waals surface area contributed by atoms with Crippen LogP contribution < -0.4 is 21.1 Å². The van der Waals surface area contributed by atoms with Gasteiger partial charge >= 0.3 is 11.7 Å². The van der Waals surface area contributed by atoms with E-state index in [9.17, 15) is 9.59 Å². The first kappa shape index (κ1) is 27.8. The molecule has 0 saturated carbocycles. The van der Waals surface area contributed by atoms with Gasteiger partial charge in [0.1, 0.15) is 17.1 Å². The number of rotatable bonds is 6. The zero-order valence-electron chi connectivity index (χ0n) is 24.7. The minimum Gasteiger partial charge on any atom is -0.454 e. The van der Waals surface area contributed by atoms with E-state index in [-0.39, 0.29) is 11.1 Å². The Balaban J connectivity index is 1.30. The molecule has 0 saturated heterocycles. The SMILES string of the molecule is CCc1ccc(-n2nc(C(C)(C)C)cc2NC(=O)Nc2ccc(Oc3ccnc4[nH]c(=O)n(C)c34)c3ccccc23)cc1. The predicted molar refractivity (Wildman–Crippen MR) is 170 cm³/mol. The van der Waals surface area contributed by atoms with Crippen LogP contribution in [0.5, 0.6) is 11.5 Å². The van der Waals surface area contributed by atoms with E-state index in [1.807, 2.05) is 42.5 Å². The van der Waals surface area contributed by atoms with Gasteiger partial charge in [-0.2, -0.15) is 5.10 Å². The molecule has 6 aromatic rings. The molecule has 0 unspecified atom stereocenters. The van der Waals surface area contributed by atoms with Crippen LogP contribution in [0.4, 0.5) is 16.3 Å². The first-order valence-electron chi connectivity index (χ1n) is 14.1. The molecule has 0 aliphatic heterocycles. The van der Waals surface area contributed by atoms with Crippen molar-refractivity contribution in [1.82, 2.24) is 24.3 Å². The van der Waals surface area contributed by atoms with Gasteiger partial charge in [-0.15, -0.1) is 0 Å². The third kappa shape index (κ3) is 5.34. The first-order valence-corrected chi connectivity index (χ1v) is 14.1. The average molecular weight is 576 g/mol. The summed E-state index contributed by atoms with van der Waals surface area (Å²) in [4.78, 5) is 32.5. The molecule has 0 fully saturated rings. The molecule has 10 nitrogen and oxygen atoms in total. The van der Waals surface area contributed by atoms with Crippen LogP contribution in [-0.4, -0.2) is 30.3 Å². The highest BCUT2D eigenvalue weighted by atomic mass is 16.5. The molecule has 0 aliphatic carbocycles. The summed E-state index contributed by atoms with van der Waals surface area (Å²) >= 11 is 0. The lowest BCUT2D eigenvalue weighted by molar-refractivity contribution is 0.262. The Morgan fingerprint density at radius 3 is 2.42 bits per heavy atom. The molecule has 6 rings (SSSR count). The third-order valence-corrected chi connectivity index (χ3v) is 7.41. The lowest BCUT2D eigenvalue weighted by Crippen LogP contribution is -2.21. The summed E-state index contributed by atoms with van der Waals surface area (Å²) < 4.78 is 9.54. The van der Waals surface area contributed by atoms with Gasteiger partial charge in [0.2, 0.25) is 0 Å². The number of aromatic nitrogens is 5. The van der Waals surface area contributed by atoms with Crippen LogP contribution in [0.2, 0.25) is 0 Å². The lowest BCUT2D eigenvalue weighted by Gasteiger charge is -2.15. The number of pyridine rings is 1. The summed E-state index contributed by atoms with van der Waals surface area (Å²) in [5.74, 6) is 1.63. The minimum absolute atomic E-state index is 0.208. The number of carbonyl (C=O) groups excluding carboxylic acids is 1. The summed E-state index contributed by atoms with van der Waals surface area (Å²) in [6.07, 6.45) is 2.53. The molecule has 3 N–H and O–H groups in total. The molecule has 0 spiro atoms. The molecule has 2 amide bonds. The smallest absolute Gasteiger partial charge is 0.327 e. The number of aryl methyl sites for hydroxylation is 2. The molecular formula is C33H33N7O3. The van der Waals surface area contributed by atoms with Crippen molar-refractivity contribution in [2.24, 2.45) is 7.05 Å². The van der Waals surface area contributed by atoms with Crippen molar-refractivity contribution in [2.45, 2.75) is 39.5 Å². The Morgan fingerprint density at radius 2 is 1.70 bits per heavy atom. The highest BCUT2D eigenvalue weighted by Crippen LogP contribution is 2.36. The maximum absolute atomic E-state index is 13.4. The van der Waals surface area contributed by atoms with Gasteiger partial charge in [0.15, 0.2) is 11.4 Å². The number of carbonyl (C=O) groups is 1. The lowest BCUT2D eigenvalue weighted by atomic mass is 9.92. The second-order valence-electron chi connectivity index (χ2n) is 11.4. The number of hydrogen-bond donors (Lipinski definition) is 3. The number of nitrogens with zero attached hydrogens (tertiary/aromatic N) is 4. The molecular weight excluding hydrogens is 542 g/mol. The first-order chi connectivity index (χ1) is 20.6. The molecule has 218 valence electrons. The van der Waals surface area contributed by atoms with Crippen molar-refractivity contribution in [2.75, 3.05) is 10.6 Å². The number of imidazole rings is 1. The molecule has 3 aromatic heterocycles. The maximum atomic E-state index is 13.4. The normalized spacial score (nSPS) is 11.7. The predicted octanol–water partition coefficient (Wildman–Crippen LogP) is 6.90. The van der Waals surface area contributed by atoms with Crippen LogP contribution in [0.25, 0.3) is 27.6 Å². The van der Waals surface area contributed by atoms with E-state index >= 15 is 0 Å². The van der Waals surface area contributed by atoms with Crippen molar-refractivity contribution in [3.05, 3.63) is 101 Å². The van der Waals surface area contributed by atoms with Gasteiger partial charge in [-0.3, -0.25) is 14.9 Å². The zero-order valence-corrected chi connectivity index (χ0v) is 24.7. The zero-order chi connectivity index (χ0) is 30.3. The Morgan fingerprint density at radius 1 is 0.953 bits per heavy atom. The van der Waals surface area contributed by atoms with Gasteiger partial charge in [-0.05, 0) is 36.2 Å². The van der Waals surface area contributed by atoms with Crippen molar-refractivity contribution in [1.29, 1.82) is 0 Å². The molecule has 0 aliphatic rings. The quantitative estimate of drug-likeness (QED) is 0.200. The van der Waals surface area contributed by atoms with Gasteiger partial charge in [0.25, 0.3) is 0 Å². The molecule has 3 heterocycles. The number of urea groups is 1. The number of aromatic amines is 1. The molecule has 0 atom stereocenters. The maximum Gasteiger partial charge on any atom is 0.327 e. The summed E-state index contributed by atoms with van der Waals surface area (Å²) in [5.41, 5.74) is 4.09. The van der Waals surface area contributed by atoms with E-state index in [2.05, 4.69) is 60.4 Å². The Labute approximate surface area is 248 Å². The number of fused-ring (bicyclic) bond motifs is 2. The van der Waals surface area contributed by atoms with Crippen LogP contribution in [0.3, 0.4) is 0 Å². The number of anilines is 2. The summed E-state index contributed by atoms with van der Waals surface area (Å²) in [7, 11) is 1.66. The van der Waals surface area contributed by atoms with Crippen LogP contribution >= 0.6 is 0 Å². The molecule has 0 bridgehead atoms. The largest absolute Gasteiger partial charge is 0.454 e. The van der Waals surface area contributed by atoms with Crippen molar-refractivity contribution < 1.29 is 9.53 Å². The van der Waals surface area contributed by atoms with Gasteiger partial charge in [-0.25, -0.2) is 19.3 Å². The Kier molecular flexibility index (Phi) is 6.97. The Bertz CT molecular complexity index is 2030. The Hall–Kier alpha value is -5.38. The van der Waals surface area contributed by atoms with Crippen LogP contribution in [0.1, 0.15) is 39.0 Å². The van der Waals surface area contributed by atoms with Crippen LogP contribution in [0.15, 0.2) is 83.8 Å². The molecule has 10 heteroatoms. The number of amides is 2. The van der Waals surface area contributed by atoms with Crippen molar-refractivity contribution in [3.8, 4) is 17.2 Å². The number of benzene rings is 3. The van der Waals surface area contributed by atoms with E-state index < -0.39 is 6.03 Å². The number of H-pyrrole nitrogens is 1. The monoisotopic (exact) mass is 575 g/mol. The molecule has 43 heavy (non-hydrogen) atoms. The third-order valence-electron chi connectivity index (χ3n) is 7.41. The summed E-state index contributed by atoms with van der Waals surface area (Å²) in [6.45, 7) is 8.38. The van der Waals surface area contributed by atoms with Gasteiger partial charge in [0, 0.05) is 41.6 Å². The second kappa shape index (κ2) is 10.8. The van der Waals surface area contributed by atoms with E-state index in [0.717, 1.165) is 28.6 Å². The van der Waals surface area contributed by atoms with Crippen molar-refractivity contribution in [3.63, 3.8) is 0 Å². The average Bonchev–Trinajstić information content (AvgIpc) is 3.55. The van der Waals surface area contributed by atoms with E-state index in [0.29, 0.717) is 34.2 Å². The van der Waals surface area contributed by atoms with E-state index in [1.165, 1.54) is 10.1 Å². The van der Waals surface area contributed by atoms with E-state index in [4.69, 9.17) is 9.84 Å². The van der Waals surface area contributed by atoms with Crippen LogP contribution in [-0.2, 0) is 18.9 Å². The van der Waals surface area contributed by atoms with E-state index in [1.54, 1.807) is 36.1 Å².